The second-order valence-corrected chi connectivity index (χ2v) is 4.91. The lowest BCUT2D eigenvalue weighted by Crippen LogP contribution is -2.43. The van der Waals surface area contributed by atoms with Crippen LogP contribution >= 0.6 is 0 Å². The van der Waals surface area contributed by atoms with Gasteiger partial charge in [0.05, 0.1) is 14.2 Å². The van der Waals surface area contributed by atoms with Crippen molar-refractivity contribution in [3.05, 3.63) is 29.8 Å². The van der Waals surface area contributed by atoms with Crippen molar-refractivity contribution in [3.8, 4) is 5.75 Å². The summed E-state index contributed by atoms with van der Waals surface area (Å²) < 4.78 is 9.91. The first-order chi connectivity index (χ1) is 9.63. The van der Waals surface area contributed by atoms with Crippen LogP contribution in [-0.4, -0.2) is 32.1 Å². The highest BCUT2D eigenvalue weighted by Crippen LogP contribution is 2.29. The van der Waals surface area contributed by atoms with E-state index in [4.69, 9.17) is 9.47 Å². The highest BCUT2D eigenvalue weighted by molar-refractivity contribution is 5.87. The van der Waals surface area contributed by atoms with Crippen LogP contribution in [0.25, 0.3) is 0 Å². The Kier molecular flexibility index (Phi) is 4.61. The summed E-state index contributed by atoms with van der Waals surface area (Å²) in [5.74, 6) is 0.289. The molecule has 0 heterocycles. The zero-order valence-corrected chi connectivity index (χ0v) is 11.7. The van der Waals surface area contributed by atoms with Crippen LogP contribution in [0.5, 0.6) is 5.75 Å². The third kappa shape index (κ3) is 3.73. The molecule has 1 aliphatic rings. The Morgan fingerprint density at radius 2 is 2.10 bits per heavy atom. The van der Waals surface area contributed by atoms with E-state index in [-0.39, 0.29) is 11.8 Å². The van der Waals surface area contributed by atoms with Crippen LogP contribution in [0, 0.1) is 5.92 Å². The number of hydrogen-bond donors (Lipinski definition) is 1. The molecule has 20 heavy (non-hydrogen) atoms. The van der Waals surface area contributed by atoms with Gasteiger partial charge in [0.1, 0.15) is 11.8 Å². The average molecular weight is 277 g/mol. The van der Waals surface area contributed by atoms with Crippen molar-refractivity contribution >= 4 is 11.9 Å². The number of carbonyl (C=O) groups excluding carboxylic acids is 2. The molecule has 2 rings (SSSR count). The lowest BCUT2D eigenvalue weighted by molar-refractivity contribution is -0.145. The fraction of sp³-hybridized carbons (Fsp3) is 0.467. The van der Waals surface area contributed by atoms with Crippen molar-refractivity contribution in [2.45, 2.75) is 25.3 Å². The summed E-state index contributed by atoms with van der Waals surface area (Å²) in [6, 6.07) is 6.77. The lowest BCUT2D eigenvalue weighted by atomic mass is 10.1. The fourth-order valence-electron chi connectivity index (χ4n) is 2.01. The van der Waals surface area contributed by atoms with Gasteiger partial charge in [-0.1, -0.05) is 12.1 Å². The molecule has 5 heteroatoms. The Labute approximate surface area is 118 Å². The number of ether oxygens (including phenoxy) is 2. The van der Waals surface area contributed by atoms with Gasteiger partial charge < -0.3 is 14.8 Å². The third-order valence-corrected chi connectivity index (χ3v) is 3.32. The maximum absolute atomic E-state index is 11.8. The van der Waals surface area contributed by atoms with E-state index in [0.29, 0.717) is 6.42 Å². The lowest BCUT2D eigenvalue weighted by Gasteiger charge is -2.16. The number of benzene rings is 1. The zero-order valence-electron chi connectivity index (χ0n) is 11.7. The van der Waals surface area contributed by atoms with E-state index in [1.807, 2.05) is 24.3 Å². The Morgan fingerprint density at radius 3 is 2.70 bits per heavy atom. The van der Waals surface area contributed by atoms with Crippen LogP contribution in [0.1, 0.15) is 18.4 Å². The van der Waals surface area contributed by atoms with Crippen molar-refractivity contribution in [1.82, 2.24) is 5.32 Å². The van der Waals surface area contributed by atoms with Crippen LogP contribution in [0.4, 0.5) is 0 Å². The van der Waals surface area contributed by atoms with Gasteiger partial charge >= 0.3 is 5.97 Å². The average Bonchev–Trinajstić information content (AvgIpc) is 3.30. The van der Waals surface area contributed by atoms with Gasteiger partial charge in [0.15, 0.2) is 0 Å². The molecule has 0 aliphatic heterocycles. The topological polar surface area (TPSA) is 64.6 Å². The molecule has 5 nitrogen and oxygen atoms in total. The molecule has 1 aromatic carbocycles. The molecule has 1 atom stereocenters. The molecule has 1 fully saturated rings. The van der Waals surface area contributed by atoms with Gasteiger partial charge in [-0.3, -0.25) is 4.79 Å². The van der Waals surface area contributed by atoms with Crippen LogP contribution in [-0.2, 0) is 20.7 Å². The summed E-state index contributed by atoms with van der Waals surface area (Å²) in [6.07, 6.45) is 2.19. The minimum absolute atomic E-state index is 0.0625. The number of hydrogen-bond acceptors (Lipinski definition) is 4. The first-order valence-corrected chi connectivity index (χ1v) is 6.65. The van der Waals surface area contributed by atoms with Crippen LogP contribution < -0.4 is 10.1 Å². The van der Waals surface area contributed by atoms with E-state index in [1.165, 1.54) is 7.11 Å². The van der Waals surface area contributed by atoms with Crippen molar-refractivity contribution in [3.63, 3.8) is 0 Å². The van der Waals surface area contributed by atoms with Gasteiger partial charge in [0.25, 0.3) is 0 Å². The minimum Gasteiger partial charge on any atom is -0.497 e. The number of carbonyl (C=O) groups is 2. The maximum Gasteiger partial charge on any atom is 0.328 e. The largest absolute Gasteiger partial charge is 0.497 e. The molecule has 0 saturated heterocycles. The number of rotatable bonds is 6. The van der Waals surface area contributed by atoms with Gasteiger partial charge in [-0.2, -0.15) is 0 Å². The Hall–Kier alpha value is -2.04. The second-order valence-electron chi connectivity index (χ2n) is 4.91. The summed E-state index contributed by atoms with van der Waals surface area (Å²) in [6.45, 7) is 0. The Balaban J connectivity index is 2.05. The van der Waals surface area contributed by atoms with Crippen molar-refractivity contribution in [1.29, 1.82) is 0 Å². The molecular weight excluding hydrogens is 258 g/mol. The van der Waals surface area contributed by atoms with Crippen molar-refractivity contribution < 1.29 is 19.1 Å². The highest BCUT2D eigenvalue weighted by Gasteiger charge is 2.32. The molecule has 1 N–H and O–H groups in total. The first kappa shape index (κ1) is 14.4. The second kappa shape index (κ2) is 6.41. The number of methoxy groups -OCH3 is 2. The molecule has 1 aliphatic carbocycles. The van der Waals surface area contributed by atoms with Gasteiger partial charge in [0.2, 0.25) is 5.91 Å². The van der Waals surface area contributed by atoms with E-state index in [2.05, 4.69) is 5.32 Å². The smallest absolute Gasteiger partial charge is 0.328 e. The fourth-order valence-corrected chi connectivity index (χ4v) is 2.01. The summed E-state index contributed by atoms with van der Waals surface area (Å²) in [5.41, 5.74) is 0.913. The molecule has 1 aromatic rings. The summed E-state index contributed by atoms with van der Waals surface area (Å²) in [5, 5.41) is 2.76. The molecule has 0 aromatic heterocycles. The molecular formula is C15H19NO4. The van der Waals surface area contributed by atoms with E-state index in [1.54, 1.807) is 7.11 Å². The summed E-state index contributed by atoms with van der Waals surface area (Å²) in [4.78, 5) is 23.6. The summed E-state index contributed by atoms with van der Waals surface area (Å²) >= 11 is 0. The Bertz CT molecular complexity index is 496. The number of nitrogens with one attached hydrogen (secondary N) is 1. The molecule has 1 amide bonds. The number of esters is 1. The highest BCUT2D eigenvalue weighted by atomic mass is 16.5. The normalized spacial score (nSPS) is 15.3. The van der Waals surface area contributed by atoms with E-state index in [9.17, 15) is 9.59 Å². The molecule has 0 spiro atoms. The SMILES string of the molecule is COC(=O)[C@@H](Cc1cccc(OC)c1)NC(=O)C1CC1. The van der Waals surface area contributed by atoms with Crippen molar-refractivity contribution in [2.75, 3.05) is 14.2 Å². The van der Waals surface area contributed by atoms with E-state index in [0.717, 1.165) is 24.2 Å². The Morgan fingerprint density at radius 1 is 1.35 bits per heavy atom. The molecule has 0 bridgehead atoms. The minimum atomic E-state index is -0.653. The number of amides is 1. The molecule has 108 valence electrons. The summed E-state index contributed by atoms with van der Waals surface area (Å²) in [7, 11) is 2.91. The third-order valence-electron chi connectivity index (χ3n) is 3.32. The predicted molar refractivity (Wildman–Crippen MR) is 73.4 cm³/mol. The van der Waals surface area contributed by atoms with Crippen LogP contribution in [0.15, 0.2) is 24.3 Å². The molecule has 0 radical (unpaired) electrons. The van der Waals surface area contributed by atoms with E-state index < -0.39 is 12.0 Å². The van der Waals surface area contributed by atoms with Gasteiger partial charge in [-0.25, -0.2) is 4.79 Å². The van der Waals surface area contributed by atoms with Gasteiger partial charge in [-0.05, 0) is 30.5 Å². The predicted octanol–water partition coefficient (Wildman–Crippen LogP) is 1.31. The molecule has 0 unspecified atom stereocenters. The van der Waals surface area contributed by atoms with Crippen LogP contribution in [0.3, 0.4) is 0 Å². The monoisotopic (exact) mass is 277 g/mol. The first-order valence-electron chi connectivity index (χ1n) is 6.65. The van der Waals surface area contributed by atoms with Crippen LogP contribution in [0.2, 0.25) is 0 Å². The van der Waals surface area contributed by atoms with Gasteiger partial charge in [0, 0.05) is 12.3 Å². The van der Waals surface area contributed by atoms with E-state index >= 15 is 0 Å². The maximum atomic E-state index is 11.8. The van der Waals surface area contributed by atoms with Gasteiger partial charge in [-0.15, -0.1) is 0 Å². The standard InChI is InChI=1S/C15H19NO4/c1-19-12-5-3-4-10(8-12)9-13(15(18)20-2)16-14(17)11-6-7-11/h3-5,8,11,13H,6-7,9H2,1-2H3,(H,16,17)/t13-/m1/s1. The molecule has 1 saturated carbocycles. The van der Waals surface area contributed by atoms with Crippen molar-refractivity contribution in [2.24, 2.45) is 5.92 Å². The zero-order chi connectivity index (χ0) is 14.5. The quantitative estimate of drug-likeness (QED) is 0.796.